The summed E-state index contributed by atoms with van der Waals surface area (Å²) in [5, 5.41) is 0. The molecule has 0 aromatic carbocycles. The molecule has 1 aliphatic rings. The van der Waals surface area contributed by atoms with Gasteiger partial charge < -0.3 is 4.79 Å². The van der Waals surface area contributed by atoms with Crippen molar-refractivity contribution in [2.75, 3.05) is 0 Å². The summed E-state index contributed by atoms with van der Waals surface area (Å²) < 4.78 is 0. The van der Waals surface area contributed by atoms with Crippen LogP contribution in [-0.4, -0.2) is 6.29 Å². The lowest BCUT2D eigenvalue weighted by molar-refractivity contribution is -0.117. The maximum absolute atomic E-state index is 10.9. The summed E-state index contributed by atoms with van der Waals surface area (Å²) in [7, 11) is 0. The quantitative estimate of drug-likeness (QED) is 0.591. The molecule has 1 rings (SSSR count). The fraction of sp³-hybridized carbons (Fsp3) is 0.909. The van der Waals surface area contributed by atoms with Gasteiger partial charge in [0.15, 0.2) is 0 Å². The summed E-state index contributed by atoms with van der Waals surface area (Å²) in [6, 6.07) is 0. The van der Waals surface area contributed by atoms with Crippen LogP contribution in [0.3, 0.4) is 0 Å². The van der Waals surface area contributed by atoms with E-state index < -0.39 is 0 Å². The van der Waals surface area contributed by atoms with Gasteiger partial charge in [-0.25, -0.2) is 0 Å². The molecule has 0 bridgehead atoms. The van der Waals surface area contributed by atoms with Gasteiger partial charge in [0.1, 0.15) is 6.29 Å². The first-order chi connectivity index (χ1) is 5.79. The highest BCUT2D eigenvalue weighted by Gasteiger charge is 2.37. The van der Waals surface area contributed by atoms with Gasteiger partial charge >= 0.3 is 0 Å². The van der Waals surface area contributed by atoms with E-state index in [0.29, 0.717) is 11.3 Å². The maximum Gasteiger partial charge on any atom is 0.123 e. The second-order valence-corrected chi connectivity index (χ2v) is 4.06. The molecule has 1 atom stereocenters. The van der Waals surface area contributed by atoms with Crippen molar-refractivity contribution in [1.82, 2.24) is 0 Å². The Kier molecular flexibility index (Phi) is 3.30. The molecule has 0 N–H and O–H groups in total. The summed E-state index contributed by atoms with van der Waals surface area (Å²) in [5.41, 5.74) is 0.361. The molecule has 1 unspecified atom stereocenters. The lowest BCUT2D eigenvalue weighted by atomic mass is 9.64. The van der Waals surface area contributed by atoms with E-state index in [-0.39, 0.29) is 0 Å². The highest BCUT2D eigenvalue weighted by molar-refractivity contribution is 5.55. The summed E-state index contributed by atoms with van der Waals surface area (Å²) in [4.78, 5) is 10.9. The molecular formula is C11H20O. The first-order valence-corrected chi connectivity index (χ1v) is 5.24. The Morgan fingerprint density at radius 3 is 2.42 bits per heavy atom. The first-order valence-electron chi connectivity index (χ1n) is 5.24. The summed E-state index contributed by atoms with van der Waals surface area (Å²) >= 11 is 0. The molecule has 0 heterocycles. The van der Waals surface area contributed by atoms with Crippen molar-refractivity contribution in [2.45, 2.75) is 52.4 Å². The third-order valence-electron chi connectivity index (χ3n) is 3.80. The minimum atomic E-state index is 0.348. The van der Waals surface area contributed by atoms with E-state index in [2.05, 4.69) is 13.8 Å². The van der Waals surface area contributed by atoms with Crippen molar-refractivity contribution >= 4 is 6.29 Å². The average molecular weight is 168 g/mol. The third kappa shape index (κ3) is 1.55. The number of hydrogen-bond donors (Lipinski definition) is 0. The van der Waals surface area contributed by atoms with Gasteiger partial charge in [-0.15, -0.1) is 0 Å². The Hall–Kier alpha value is -0.330. The van der Waals surface area contributed by atoms with E-state index in [9.17, 15) is 4.79 Å². The lowest BCUT2D eigenvalue weighted by Gasteiger charge is -2.40. The van der Waals surface area contributed by atoms with Crippen LogP contribution < -0.4 is 0 Å². The Labute approximate surface area is 75.5 Å². The maximum atomic E-state index is 10.9. The van der Waals surface area contributed by atoms with Crippen molar-refractivity contribution < 1.29 is 4.79 Å². The van der Waals surface area contributed by atoms with Gasteiger partial charge in [-0.1, -0.05) is 26.7 Å². The van der Waals surface area contributed by atoms with Gasteiger partial charge in [0.25, 0.3) is 0 Å². The molecule has 12 heavy (non-hydrogen) atoms. The minimum Gasteiger partial charge on any atom is -0.303 e. The molecule has 0 aliphatic heterocycles. The third-order valence-corrected chi connectivity index (χ3v) is 3.80. The second kappa shape index (κ2) is 4.06. The van der Waals surface area contributed by atoms with E-state index in [0.717, 1.165) is 6.42 Å². The molecule has 0 spiro atoms. The largest absolute Gasteiger partial charge is 0.303 e. The molecule has 0 aromatic heterocycles. The van der Waals surface area contributed by atoms with Crippen LogP contribution in [0.15, 0.2) is 0 Å². The molecule has 1 aliphatic carbocycles. The molecule has 0 amide bonds. The molecule has 1 saturated carbocycles. The van der Waals surface area contributed by atoms with Gasteiger partial charge in [0, 0.05) is 5.92 Å². The Morgan fingerprint density at radius 2 is 2.00 bits per heavy atom. The zero-order valence-electron chi connectivity index (χ0n) is 8.31. The molecule has 1 nitrogen and oxygen atoms in total. The Balaban J connectivity index is 2.72. The van der Waals surface area contributed by atoms with E-state index in [1.54, 1.807) is 0 Å². The topological polar surface area (TPSA) is 17.1 Å². The van der Waals surface area contributed by atoms with Gasteiger partial charge in [-0.3, -0.25) is 0 Å². The second-order valence-electron chi connectivity index (χ2n) is 4.06. The zero-order chi connectivity index (χ0) is 9.03. The van der Waals surface area contributed by atoms with Crippen molar-refractivity contribution in [2.24, 2.45) is 11.3 Å². The smallest absolute Gasteiger partial charge is 0.123 e. The number of carbonyl (C=O) groups excluding carboxylic acids is 1. The van der Waals surface area contributed by atoms with Gasteiger partial charge in [0.2, 0.25) is 0 Å². The standard InChI is InChI=1S/C11H20O/c1-3-11(4-2)8-6-5-7-10(11)9-12/h9-10H,3-8H2,1-2H3. The van der Waals surface area contributed by atoms with Crippen LogP contribution in [0.25, 0.3) is 0 Å². The molecule has 0 saturated heterocycles. The van der Waals surface area contributed by atoms with Crippen LogP contribution in [0.1, 0.15) is 52.4 Å². The molecule has 0 radical (unpaired) electrons. The van der Waals surface area contributed by atoms with Gasteiger partial charge in [-0.05, 0) is 31.1 Å². The van der Waals surface area contributed by atoms with Crippen molar-refractivity contribution in [3.05, 3.63) is 0 Å². The van der Waals surface area contributed by atoms with Crippen LogP contribution in [0, 0.1) is 11.3 Å². The molecule has 1 heteroatoms. The van der Waals surface area contributed by atoms with Crippen LogP contribution in [0.2, 0.25) is 0 Å². The Morgan fingerprint density at radius 1 is 1.33 bits per heavy atom. The van der Waals surface area contributed by atoms with Gasteiger partial charge in [0.05, 0.1) is 0 Å². The van der Waals surface area contributed by atoms with E-state index in [1.807, 2.05) is 0 Å². The highest BCUT2D eigenvalue weighted by Crippen LogP contribution is 2.45. The molecule has 1 fully saturated rings. The minimum absolute atomic E-state index is 0.348. The summed E-state index contributed by atoms with van der Waals surface area (Å²) in [6.07, 6.45) is 8.53. The van der Waals surface area contributed by atoms with Crippen molar-refractivity contribution in [3.8, 4) is 0 Å². The van der Waals surface area contributed by atoms with Crippen LogP contribution in [0.5, 0.6) is 0 Å². The fourth-order valence-corrected chi connectivity index (χ4v) is 2.67. The van der Waals surface area contributed by atoms with Crippen molar-refractivity contribution in [3.63, 3.8) is 0 Å². The SMILES string of the molecule is CCC1(CC)CCCCC1C=O. The van der Waals surface area contributed by atoms with Crippen LogP contribution >= 0.6 is 0 Å². The fourth-order valence-electron chi connectivity index (χ4n) is 2.67. The normalized spacial score (nSPS) is 28.3. The first kappa shape index (κ1) is 9.76. The predicted octanol–water partition coefficient (Wildman–Crippen LogP) is 3.18. The van der Waals surface area contributed by atoms with E-state index in [1.165, 1.54) is 38.4 Å². The van der Waals surface area contributed by atoms with Crippen LogP contribution in [-0.2, 0) is 4.79 Å². The summed E-state index contributed by atoms with van der Waals surface area (Å²) in [6.45, 7) is 4.46. The summed E-state index contributed by atoms with van der Waals surface area (Å²) in [5.74, 6) is 0.348. The van der Waals surface area contributed by atoms with E-state index in [4.69, 9.17) is 0 Å². The van der Waals surface area contributed by atoms with Crippen LogP contribution in [0.4, 0.5) is 0 Å². The van der Waals surface area contributed by atoms with Crippen molar-refractivity contribution in [1.29, 1.82) is 0 Å². The van der Waals surface area contributed by atoms with Gasteiger partial charge in [-0.2, -0.15) is 0 Å². The predicted molar refractivity (Wildman–Crippen MR) is 51.0 cm³/mol. The average Bonchev–Trinajstić information content (AvgIpc) is 2.17. The number of rotatable bonds is 3. The van der Waals surface area contributed by atoms with E-state index >= 15 is 0 Å². The zero-order valence-corrected chi connectivity index (χ0v) is 8.31. The Bertz CT molecular complexity index is 147. The molecule has 70 valence electrons. The molecule has 0 aromatic rings. The number of carbonyl (C=O) groups is 1. The number of aldehydes is 1. The number of hydrogen-bond acceptors (Lipinski definition) is 1. The lowest BCUT2D eigenvalue weighted by Crippen LogP contribution is -2.33. The monoisotopic (exact) mass is 168 g/mol. The highest BCUT2D eigenvalue weighted by atomic mass is 16.1. The molecular weight excluding hydrogens is 148 g/mol.